The number of esters is 1. The molecule has 32 heavy (non-hydrogen) atoms. The molecule has 0 bridgehead atoms. The molecule has 0 fully saturated rings. The molecule has 2 atom stereocenters. The molecule has 1 amide bonds. The van der Waals surface area contributed by atoms with E-state index < -0.39 is 17.9 Å². The summed E-state index contributed by atoms with van der Waals surface area (Å²) in [6.07, 6.45) is 0.775. The maximum atomic E-state index is 13.8. The lowest BCUT2D eigenvalue weighted by Gasteiger charge is -2.38. The largest absolute Gasteiger partial charge is 0.465 e. The Morgan fingerprint density at radius 1 is 1.19 bits per heavy atom. The number of nitrogens with zero attached hydrogens (tertiary/aromatic N) is 3. The zero-order valence-electron chi connectivity index (χ0n) is 18.2. The monoisotopic (exact) mass is 473 g/mol. The lowest BCUT2D eigenvalue weighted by atomic mass is 9.89. The number of carbonyl (C=O) groups excluding carboxylic acids is 2. The first-order valence-corrected chi connectivity index (χ1v) is 11.5. The molecule has 6 nitrogen and oxygen atoms in total. The Balaban J connectivity index is 1.99. The predicted octanol–water partition coefficient (Wildman–Crippen LogP) is 5.50. The average molecular weight is 474 g/mol. The Morgan fingerprint density at radius 3 is 2.62 bits per heavy atom. The maximum absolute atomic E-state index is 13.8. The normalized spacial score (nSPS) is 18.3. The molecule has 0 aliphatic carbocycles. The van der Waals surface area contributed by atoms with E-state index in [1.54, 1.807) is 30.0 Å². The Bertz CT molecular complexity index is 1170. The minimum atomic E-state index is -1.09. The van der Waals surface area contributed by atoms with E-state index in [2.05, 4.69) is 13.8 Å². The third-order valence-corrected chi connectivity index (χ3v) is 6.26. The van der Waals surface area contributed by atoms with Gasteiger partial charge in [-0.05, 0) is 49.1 Å². The van der Waals surface area contributed by atoms with Crippen LogP contribution in [0, 0.1) is 11.8 Å². The van der Waals surface area contributed by atoms with Crippen LogP contribution in [0.2, 0.25) is 10.0 Å². The standard InChI is InChI=1S/C24H25Cl2N3O3/c1-4-32-23(31)20-21(16-10-9-15(25)13-17(16)26)29-19-8-6-5-7-18(19)27-24(29)28(22(20)30)12-11-14(2)3/h5-10,13-14,20-21H,4,11-12H2,1-3H3/t20-,21+/m0/s1. The molecule has 8 heteroatoms. The van der Waals surface area contributed by atoms with Crippen molar-refractivity contribution >= 4 is 52.1 Å². The van der Waals surface area contributed by atoms with Gasteiger partial charge in [0.15, 0.2) is 5.92 Å². The number of anilines is 1. The summed E-state index contributed by atoms with van der Waals surface area (Å²) in [5.74, 6) is -1.11. The molecular formula is C24H25Cl2N3O3. The fourth-order valence-electron chi connectivity index (χ4n) is 4.17. The lowest BCUT2D eigenvalue weighted by molar-refractivity contribution is -0.153. The number of benzene rings is 2. The molecular weight excluding hydrogens is 449 g/mol. The number of hydrogen-bond donors (Lipinski definition) is 0. The van der Waals surface area contributed by atoms with Crippen LogP contribution in [0.15, 0.2) is 42.5 Å². The van der Waals surface area contributed by atoms with Gasteiger partial charge < -0.3 is 9.30 Å². The first-order chi connectivity index (χ1) is 15.3. The van der Waals surface area contributed by atoms with Gasteiger partial charge in [-0.1, -0.05) is 55.2 Å². The van der Waals surface area contributed by atoms with Crippen LogP contribution in [0.25, 0.3) is 11.0 Å². The van der Waals surface area contributed by atoms with Crippen LogP contribution in [0.3, 0.4) is 0 Å². The number of ether oxygens (including phenoxy) is 1. The fraction of sp³-hybridized carbons (Fsp3) is 0.375. The number of fused-ring (bicyclic) bond motifs is 3. The number of rotatable bonds is 6. The topological polar surface area (TPSA) is 64.4 Å². The third kappa shape index (κ3) is 3.97. The van der Waals surface area contributed by atoms with Crippen molar-refractivity contribution in [3.63, 3.8) is 0 Å². The van der Waals surface area contributed by atoms with Crippen LogP contribution in [-0.2, 0) is 14.3 Å². The van der Waals surface area contributed by atoms with Crippen molar-refractivity contribution in [1.29, 1.82) is 0 Å². The Hall–Kier alpha value is -2.57. The van der Waals surface area contributed by atoms with Crippen LogP contribution < -0.4 is 4.90 Å². The second-order valence-corrected chi connectivity index (χ2v) is 9.13. The van der Waals surface area contributed by atoms with Crippen LogP contribution in [-0.4, -0.2) is 34.6 Å². The quantitative estimate of drug-likeness (QED) is 0.349. The maximum Gasteiger partial charge on any atom is 0.321 e. The Kier molecular flexibility index (Phi) is 6.45. The smallest absolute Gasteiger partial charge is 0.321 e. The number of amides is 1. The van der Waals surface area contributed by atoms with Crippen LogP contribution in [0.1, 0.15) is 38.8 Å². The first-order valence-electron chi connectivity index (χ1n) is 10.7. The second-order valence-electron chi connectivity index (χ2n) is 8.28. The predicted molar refractivity (Wildman–Crippen MR) is 126 cm³/mol. The molecule has 2 heterocycles. The van der Waals surface area contributed by atoms with Crippen LogP contribution >= 0.6 is 23.2 Å². The molecule has 1 aliphatic heterocycles. The van der Waals surface area contributed by atoms with E-state index in [1.165, 1.54) is 0 Å². The average Bonchev–Trinajstić information content (AvgIpc) is 3.12. The highest BCUT2D eigenvalue weighted by atomic mass is 35.5. The summed E-state index contributed by atoms with van der Waals surface area (Å²) >= 11 is 12.7. The van der Waals surface area contributed by atoms with Gasteiger partial charge in [0, 0.05) is 16.6 Å². The van der Waals surface area contributed by atoms with Crippen LogP contribution in [0.4, 0.5) is 5.95 Å². The van der Waals surface area contributed by atoms with Gasteiger partial charge in [-0.2, -0.15) is 0 Å². The Labute approximate surface area is 197 Å². The number of aromatic nitrogens is 2. The van der Waals surface area contributed by atoms with E-state index in [-0.39, 0.29) is 12.5 Å². The molecule has 0 radical (unpaired) electrons. The van der Waals surface area contributed by atoms with Gasteiger partial charge in [0.25, 0.3) is 0 Å². The van der Waals surface area contributed by atoms with Crippen molar-refractivity contribution in [2.45, 2.75) is 33.2 Å². The van der Waals surface area contributed by atoms with E-state index in [0.717, 1.165) is 17.5 Å². The van der Waals surface area contributed by atoms with Crippen molar-refractivity contribution in [2.75, 3.05) is 18.1 Å². The Morgan fingerprint density at radius 2 is 1.94 bits per heavy atom. The summed E-state index contributed by atoms with van der Waals surface area (Å²) in [6, 6.07) is 12.0. The molecule has 4 rings (SSSR count). The lowest BCUT2D eigenvalue weighted by Crippen LogP contribution is -2.50. The number of para-hydroxylation sites is 2. The summed E-state index contributed by atoms with van der Waals surface area (Å²) < 4.78 is 7.29. The van der Waals surface area contributed by atoms with Crippen molar-refractivity contribution in [2.24, 2.45) is 11.8 Å². The molecule has 3 aromatic rings. The summed E-state index contributed by atoms with van der Waals surface area (Å²) in [4.78, 5) is 33.3. The van der Waals surface area contributed by atoms with Gasteiger partial charge in [0.2, 0.25) is 11.9 Å². The van der Waals surface area contributed by atoms with Crippen molar-refractivity contribution in [3.8, 4) is 0 Å². The second kappa shape index (κ2) is 9.12. The fourth-order valence-corrected chi connectivity index (χ4v) is 4.69. The highest BCUT2D eigenvalue weighted by Crippen LogP contribution is 2.43. The molecule has 1 aliphatic rings. The first kappa shape index (κ1) is 22.6. The summed E-state index contributed by atoms with van der Waals surface area (Å²) in [6.45, 7) is 6.54. The van der Waals surface area contributed by atoms with Gasteiger partial charge in [-0.25, -0.2) is 4.98 Å². The molecule has 0 spiro atoms. The highest BCUT2D eigenvalue weighted by molar-refractivity contribution is 6.35. The number of hydrogen-bond acceptors (Lipinski definition) is 4. The number of carbonyl (C=O) groups is 2. The van der Waals surface area contributed by atoms with Crippen molar-refractivity contribution < 1.29 is 14.3 Å². The van der Waals surface area contributed by atoms with Gasteiger partial charge in [-0.3, -0.25) is 14.5 Å². The van der Waals surface area contributed by atoms with Crippen molar-refractivity contribution in [3.05, 3.63) is 58.1 Å². The summed E-state index contributed by atoms with van der Waals surface area (Å²) in [7, 11) is 0. The molecule has 168 valence electrons. The van der Waals surface area contributed by atoms with E-state index in [4.69, 9.17) is 32.9 Å². The van der Waals surface area contributed by atoms with E-state index >= 15 is 0 Å². The number of imidazole rings is 1. The van der Waals surface area contributed by atoms with Crippen molar-refractivity contribution in [1.82, 2.24) is 9.55 Å². The molecule has 0 saturated carbocycles. The van der Waals surface area contributed by atoms with Gasteiger partial charge in [-0.15, -0.1) is 0 Å². The summed E-state index contributed by atoms with van der Waals surface area (Å²) in [5.41, 5.74) is 2.18. The van der Waals surface area contributed by atoms with E-state index in [1.807, 2.05) is 28.8 Å². The molecule has 0 saturated heterocycles. The van der Waals surface area contributed by atoms with Gasteiger partial charge in [0.1, 0.15) is 0 Å². The van der Waals surface area contributed by atoms with Crippen LogP contribution in [0.5, 0.6) is 0 Å². The highest BCUT2D eigenvalue weighted by Gasteiger charge is 2.48. The third-order valence-electron chi connectivity index (χ3n) is 5.70. The SMILES string of the molecule is CCOC(=O)[C@@H]1C(=O)N(CCC(C)C)c2nc3ccccc3n2[C@@H]1c1ccc(Cl)cc1Cl. The van der Waals surface area contributed by atoms with E-state index in [9.17, 15) is 9.59 Å². The van der Waals surface area contributed by atoms with Gasteiger partial charge in [0.05, 0.1) is 23.7 Å². The molecule has 0 unspecified atom stereocenters. The minimum absolute atomic E-state index is 0.174. The minimum Gasteiger partial charge on any atom is -0.465 e. The van der Waals surface area contributed by atoms with E-state index in [0.29, 0.717) is 34.0 Å². The molecule has 1 aromatic heterocycles. The molecule has 2 aromatic carbocycles. The zero-order chi connectivity index (χ0) is 23.0. The summed E-state index contributed by atoms with van der Waals surface area (Å²) in [5, 5.41) is 0.854. The van der Waals surface area contributed by atoms with Gasteiger partial charge >= 0.3 is 5.97 Å². The number of halogens is 2. The molecule has 0 N–H and O–H groups in total. The zero-order valence-corrected chi connectivity index (χ0v) is 19.7.